The van der Waals surface area contributed by atoms with Crippen LogP contribution in [0.2, 0.25) is 0 Å². The van der Waals surface area contributed by atoms with Crippen LogP contribution in [0.1, 0.15) is 11.1 Å². The van der Waals surface area contributed by atoms with Gasteiger partial charge in [0, 0.05) is 18.9 Å². The van der Waals surface area contributed by atoms with Crippen LogP contribution < -0.4 is 5.73 Å². The Balaban J connectivity index is 2.47. The minimum Gasteiger partial charge on any atom is -0.468 e. The average molecular weight is 288 g/mol. The van der Waals surface area contributed by atoms with Crippen molar-refractivity contribution in [3.8, 4) is 0 Å². The molecule has 110 valence electrons. The fourth-order valence-corrected chi connectivity index (χ4v) is 2.38. The third kappa shape index (κ3) is 3.08. The molecule has 5 heteroatoms. The Morgan fingerprint density at radius 2 is 2.05 bits per heavy atom. The maximum absolute atomic E-state index is 13.1. The molecular formula is C16H17FN2O2. The van der Waals surface area contributed by atoms with Crippen LogP contribution in [0.25, 0.3) is 0 Å². The summed E-state index contributed by atoms with van der Waals surface area (Å²) in [5.41, 5.74) is 6.32. The van der Waals surface area contributed by atoms with E-state index < -0.39 is 11.4 Å². The number of carbonyl (C=O) groups is 1. The Labute approximate surface area is 122 Å². The number of carbonyl (C=O) groups excluding carboxylic acids is 1. The molecule has 1 heterocycles. The lowest BCUT2D eigenvalue weighted by molar-refractivity contribution is -0.147. The minimum atomic E-state index is -1.05. The van der Waals surface area contributed by atoms with Crippen molar-refractivity contribution in [1.82, 2.24) is 4.98 Å². The monoisotopic (exact) mass is 288 g/mol. The molecule has 2 N–H and O–H groups in total. The molecule has 0 aliphatic heterocycles. The number of hydrogen-bond acceptors (Lipinski definition) is 4. The molecule has 1 atom stereocenters. The van der Waals surface area contributed by atoms with E-state index in [0.29, 0.717) is 12.0 Å². The van der Waals surface area contributed by atoms with Crippen LogP contribution in [-0.2, 0) is 21.4 Å². The highest BCUT2D eigenvalue weighted by molar-refractivity contribution is 5.84. The van der Waals surface area contributed by atoms with Crippen molar-refractivity contribution in [3.05, 3.63) is 65.7 Å². The van der Waals surface area contributed by atoms with Gasteiger partial charge < -0.3 is 10.5 Å². The molecule has 1 aromatic heterocycles. The molecule has 0 saturated heterocycles. The summed E-state index contributed by atoms with van der Waals surface area (Å²) in [6.07, 6.45) is 3.68. The molecule has 4 nitrogen and oxygen atoms in total. The highest BCUT2D eigenvalue weighted by Gasteiger charge is 2.40. The molecule has 0 aliphatic carbocycles. The number of esters is 1. The van der Waals surface area contributed by atoms with Crippen molar-refractivity contribution >= 4 is 5.97 Å². The molecule has 0 fully saturated rings. The quantitative estimate of drug-likeness (QED) is 0.853. The van der Waals surface area contributed by atoms with Crippen molar-refractivity contribution in [1.29, 1.82) is 0 Å². The standard InChI is InChI=1S/C16H17FN2O2/c1-21-15(20)16(11-18,9-12-3-2-8-19-10-12)13-4-6-14(17)7-5-13/h2-8,10H,9,11,18H2,1H3. The average Bonchev–Trinajstić information content (AvgIpc) is 2.54. The third-order valence-corrected chi connectivity index (χ3v) is 3.55. The number of nitrogens with zero attached hydrogens (tertiary/aromatic N) is 1. The highest BCUT2D eigenvalue weighted by Crippen LogP contribution is 2.29. The van der Waals surface area contributed by atoms with Crippen LogP contribution in [-0.4, -0.2) is 24.6 Å². The first-order chi connectivity index (χ1) is 10.1. The van der Waals surface area contributed by atoms with Crippen molar-refractivity contribution in [3.63, 3.8) is 0 Å². The van der Waals surface area contributed by atoms with E-state index in [2.05, 4.69) is 4.98 Å². The Morgan fingerprint density at radius 1 is 1.33 bits per heavy atom. The van der Waals surface area contributed by atoms with Gasteiger partial charge in [-0.15, -0.1) is 0 Å². The molecule has 0 saturated carbocycles. The number of nitrogens with two attached hydrogens (primary N) is 1. The van der Waals surface area contributed by atoms with E-state index >= 15 is 0 Å². The fraction of sp³-hybridized carbons (Fsp3) is 0.250. The van der Waals surface area contributed by atoms with Crippen LogP contribution in [0.3, 0.4) is 0 Å². The summed E-state index contributed by atoms with van der Waals surface area (Å²) in [6, 6.07) is 9.41. The van der Waals surface area contributed by atoms with Crippen molar-refractivity contribution in [2.24, 2.45) is 5.73 Å². The lowest BCUT2D eigenvalue weighted by Gasteiger charge is -2.30. The first-order valence-electron chi connectivity index (χ1n) is 6.56. The fourth-order valence-electron chi connectivity index (χ4n) is 2.38. The van der Waals surface area contributed by atoms with Crippen LogP contribution in [0.5, 0.6) is 0 Å². The van der Waals surface area contributed by atoms with E-state index in [-0.39, 0.29) is 12.4 Å². The number of rotatable bonds is 5. The molecule has 1 aromatic carbocycles. The van der Waals surface area contributed by atoms with E-state index in [1.807, 2.05) is 6.07 Å². The molecule has 0 bridgehead atoms. The zero-order valence-electron chi connectivity index (χ0n) is 11.8. The Bertz CT molecular complexity index is 601. The van der Waals surface area contributed by atoms with Gasteiger partial charge in [-0.1, -0.05) is 18.2 Å². The normalized spacial score (nSPS) is 13.5. The summed E-state index contributed by atoms with van der Waals surface area (Å²) < 4.78 is 18.1. The van der Waals surface area contributed by atoms with Gasteiger partial charge in [0.05, 0.1) is 7.11 Å². The number of benzene rings is 1. The minimum absolute atomic E-state index is 0.0558. The van der Waals surface area contributed by atoms with E-state index in [1.54, 1.807) is 30.6 Å². The van der Waals surface area contributed by atoms with Gasteiger partial charge in [-0.3, -0.25) is 9.78 Å². The zero-order chi connectivity index (χ0) is 15.3. The van der Waals surface area contributed by atoms with Gasteiger partial charge in [0.25, 0.3) is 0 Å². The maximum Gasteiger partial charge on any atom is 0.317 e. The Morgan fingerprint density at radius 3 is 2.57 bits per heavy atom. The van der Waals surface area contributed by atoms with Crippen molar-refractivity contribution in [2.75, 3.05) is 13.7 Å². The molecule has 0 aliphatic rings. The highest BCUT2D eigenvalue weighted by atomic mass is 19.1. The lowest BCUT2D eigenvalue weighted by atomic mass is 9.75. The van der Waals surface area contributed by atoms with Gasteiger partial charge in [0.2, 0.25) is 0 Å². The van der Waals surface area contributed by atoms with Crippen molar-refractivity contribution in [2.45, 2.75) is 11.8 Å². The second-order valence-corrected chi connectivity index (χ2v) is 4.82. The second-order valence-electron chi connectivity index (χ2n) is 4.82. The van der Waals surface area contributed by atoms with E-state index in [4.69, 9.17) is 10.5 Å². The molecule has 1 unspecified atom stereocenters. The summed E-state index contributed by atoms with van der Waals surface area (Å²) in [5, 5.41) is 0. The number of methoxy groups -OCH3 is 1. The number of halogens is 1. The van der Waals surface area contributed by atoms with Crippen LogP contribution >= 0.6 is 0 Å². The molecule has 2 rings (SSSR count). The van der Waals surface area contributed by atoms with Gasteiger partial charge in [-0.05, 0) is 35.7 Å². The Hall–Kier alpha value is -2.27. The maximum atomic E-state index is 13.1. The van der Waals surface area contributed by atoms with Gasteiger partial charge in [-0.25, -0.2) is 4.39 Å². The first kappa shape index (κ1) is 15.1. The second kappa shape index (κ2) is 6.45. The smallest absolute Gasteiger partial charge is 0.317 e. The molecular weight excluding hydrogens is 271 g/mol. The van der Waals surface area contributed by atoms with Crippen LogP contribution in [0.15, 0.2) is 48.8 Å². The predicted octanol–water partition coefficient (Wildman–Crippen LogP) is 1.83. The topological polar surface area (TPSA) is 65.2 Å². The summed E-state index contributed by atoms with van der Waals surface area (Å²) in [6.45, 7) is 0.0558. The van der Waals surface area contributed by atoms with Gasteiger partial charge in [0.1, 0.15) is 11.2 Å². The van der Waals surface area contributed by atoms with E-state index in [9.17, 15) is 9.18 Å². The van der Waals surface area contributed by atoms with E-state index in [1.165, 1.54) is 19.2 Å². The lowest BCUT2D eigenvalue weighted by Crippen LogP contribution is -2.45. The Kier molecular flexibility index (Phi) is 4.65. The number of aromatic nitrogens is 1. The first-order valence-corrected chi connectivity index (χ1v) is 6.56. The molecule has 2 aromatic rings. The summed E-state index contributed by atoms with van der Waals surface area (Å²) >= 11 is 0. The van der Waals surface area contributed by atoms with Gasteiger partial charge in [-0.2, -0.15) is 0 Å². The number of ether oxygens (including phenoxy) is 1. The zero-order valence-corrected chi connectivity index (χ0v) is 11.8. The van der Waals surface area contributed by atoms with E-state index in [0.717, 1.165) is 5.56 Å². The van der Waals surface area contributed by atoms with Gasteiger partial charge >= 0.3 is 5.97 Å². The molecule has 21 heavy (non-hydrogen) atoms. The summed E-state index contributed by atoms with van der Waals surface area (Å²) in [5.74, 6) is -0.809. The molecule has 0 spiro atoms. The molecule has 0 radical (unpaired) electrons. The molecule has 0 amide bonds. The van der Waals surface area contributed by atoms with Crippen LogP contribution in [0, 0.1) is 5.82 Å². The van der Waals surface area contributed by atoms with Crippen molar-refractivity contribution < 1.29 is 13.9 Å². The third-order valence-electron chi connectivity index (χ3n) is 3.55. The number of pyridine rings is 1. The van der Waals surface area contributed by atoms with Crippen LogP contribution in [0.4, 0.5) is 4.39 Å². The SMILES string of the molecule is COC(=O)C(CN)(Cc1cccnc1)c1ccc(F)cc1. The predicted molar refractivity (Wildman–Crippen MR) is 77.1 cm³/mol. The summed E-state index contributed by atoms with van der Waals surface area (Å²) in [4.78, 5) is 16.4. The summed E-state index contributed by atoms with van der Waals surface area (Å²) in [7, 11) is 1.32. The number of hydrogen-bond donors (Lipinski definition) is 1. The van der Waals surface area contributed by atoms with Gasteiger partial charge in [0.15, 0.2) is 0 Å². The largest absolute Gasteiger partial charge is 0.468 e.